The molecular weight excluding hydrogens is 472 g/mol. The monoisotopic (exact) mass is 492 g/mol. The van der Waals surface area contributed by atoms with E-state index in [0.717, 1.165) is 15.7 Å². The smallest absolute Gasteiger partial charge is 0.287 e. The zero-order chi connectivity index (χ0) is 22.2. The molecule has 0 aliphatic carbocycles. The predicted molar refractivity (Wildman–Crippen MR) is 123 cm³/mol. The first kappa shape index (κ1) is 21.6. The first-order chi connectivity index (χ1) is 15.7. The number of nitrogens with one attached hydrogen (secondary N) is 1. The van der Waals surface area contributed by atoms with Crippen LogP contribution in [-0.4, -0.2) is 10.9 Å². The van der Waals surface area contributed by atoms with Crippen molar-refractivity contribution in [2.45, 2.75) is 19.8 Å². The van der Waals surface area contributed by atoms with E-state index in [1.165, 1.54) is 0 Å². The van der Waals surface area contributed by atoms with Crippen molar-refractivity contribution in [2.24, 2.45) is 0 Å². The molecule has 1 N–H and O–H groups in total. The lowest BCUT2D eigenvalue weighted by Crippen LogP contribution is -2.22. The molecule has 0 unspecified atom stereocenters. The van der Waals surface area contributed by atoms with E-state index in [1.54, 1.807) is 18.3 Å². The van der Waals surface area contributed by atoms with Crippen molar-refractivity contribution in [1.29, 1.82) is 0 Å². The van der Waals surface area contributed by atoms with Gasteiger partial charge in [-0.25, -0.2) is 0 Å². The van der Waals surface area contributed by atoms with E-state index in [1.807, 2.05) is 66.7 Å². The van der Waals surface area contributed by atoms with Crippen molar-refractivity contribution < 1.29 is 18.7 Å². The van der Waals surface area contributed by atoms with Crippen LogP contribution in [0.1, 0.15) is 27.6 Å². The molecule has 7 heteroatoms. The van der Waals surface area contributed by atoms with Crippen LogP contribution in [0.4, 0.5) is 0 Å². The van der Waals surface area contributed by atoms with Gasteiger partial charge in [0.1, 0.15) is 30.5 Å². The normalized spacial score (nSPS) is 10.5. The Morgan fingerprint density at radius 1 is 0.906 bits per heavy atom. The van der Waals surface area contributed by atoms with Gasteiger partial charge in [0.05, 0.1) is 5.69 Å². The van der Waals surface area contributed by atoms with Gasteiger partial charge in [-0.3, -0.25) is 9.78 Å². The third-order valence-electron chi connectivity index (χ3n) is 4.53. The number of nitrogens with zero attached hydrogens (tertiary/aromatic N) is 1. The second kappa shape index (κ2) is 10.6. The number of hydrogen-bond acceptors (Lipinski definition) is 5. The van der Waals surface area contributed by atoms with Gasteiger partial charge in [0.2, 0.25) is 0 Å². The minimum atomic E-state index is -0.293. The molecule has 0 saturated carbocycles. The molecule has 162 valence electrons. The molecule has 2 aromatic carbocycles. The fourth-order valence-electron chi connectivity index (χ4n) is 2.94. The van der Waals surface area contributed by atoms with Gasteiger partial charge in [-0.15, -0.1) is 0 Å². The number of furan rings is 1. The lowest BCUT2D eigenvalue weighted by molar-refractivity contribution is 0.0919. The minimum absolute atomic E-state index is 0.236. The van der Waals surface area contributed by atoms with Crippen molar-refractivity contribution in [3.8, 4) is 11.5 Å². The number of aromatic nitrogens is 1. The fraction of sp³-hybridized carbons (Fsp3) is 0.120. The van der Waals surface area contributed by atoms with E-state index in [0.29, 0.717) is 30.4 Å². The van der Waals surface area contributed by atoms with Crippen molar-refractivity contribution in [1.82, 2.24) is 10.3 Å². The van der Waals surface area contributed by atoms with Crippen LogP contribution < -0.4 is 14.8 Å². The molecule has 0 aliphatic heterocycles. The number of benzene rings is 2. The summed E-state index contributed by atoms with van der Waals surface area (Å²) >= 11 is 3.40. The summed E-state index contributed by atoms with van der Waals surface area (Å²) in [5.41, 5.74) is 1.77. The molecule has 2 heterocycles. The summed E-state index contributed by atoms with van der Waals surface area (Å²) in [5.74, 6) is 1.94. The van der Waals surface area contributed by atoms with Crippen LogP contribution in [0.3, 0.4) is 0 Å². The molecule has 32 heavy (non-hydrogen) atoms. The van der Waals surface area contributed by atoms with Crippen LogP contribution in [0.2, 0.25) is 0 Å². The topological polar surface area (TPSA) is 73.6 Å². The van der Waals surface area contributed by atoms with Crippen LogP contribution >= 0.6 is 15.9 Å². The minimum Gasteiger partial charge on any atom is -0.487 e. The summed E-state index contributed by atoms with van der Waals surface area (Å²) in [6, 6.07) is 24.2. The highest BCUT2D eigenvalue weighted by Gasteiger charge is 2.12. The molecule has 6 nitrogen and oxygen atoms in total. The Balaban J connectivity index is 1.27. The molecule has 0 atom stereocenters. The molecule has 4 aromatic rings. The number of carbonyl (C=O) groups is 1. The molecule has 0 radical (unpaired) electrons. The van der Waals surface area contributed by atoms with E-state index in [-0.39, 0.29) is 18.3 Å². The Morgan fingerprint density at radius 3 is 2.53 bits per heavy atom. The number of halogens is 1. The Bertz CT molecular complexity index is 1180. The number of carbonyl (C=O) groups excluding carboxylic acids is 1. The molecule has 1 amide bonds. The first-order valence-corrected chi connectivity index (χ1v) is 10.8. The second-order valence-electron chi connectivity index (χ2n) is 6.95. The Kier molecular flexibility index (Phi) is 7.19. The summed E-state index contributed by atoms with van der Waals surface area (Å²) in [7, 11) is 0. The van der Waals surface area contributed by atoms with Crippen molar-refractivity contribution in [2.75, 3.05) is 0 Å². The summed E-state index contributed by atoms with van der Waals surface area (Å²) in [5, 5.41) is 2.86. The largest absolute Gasteiger partial charge is 0.487 e. The maximum Gasteiger partial charge on any atom is 0.287 e. The summed E-state index contributed by atoms with van der Waals surface area (Å²) < 4.78 is 18.0. The predicted octanol–water partition coefficient (Wildman–Crippen LogP) is 5.53. The zero-order valence-corrected chi connectivity index (χ0v) is 18.7. The number of pyridine rings is 1. The molecule has 0 aliphatic rings. The third kappa shape index (κ3) is 6.21. The van der Waals surface area contributed by atoms with Gasteiger partial charge in [-0.1, -0.05) is 40.2 Å². The number of rotatable bonds is 9. The van der Waals surface area contributed by atoms with Crippen LogP contribution in [0.5, 0.6) is 11.5 Å². The van der Waals surface area contributed by atoms with Gasteiger partial charge < -0.3 is 19.2 Å². The van der Waals surface area contributed by atoms with Gasteiger partial charge >= 0.3 is 0 Å². The Morgan fingerprint density at radius 2 is 1.72 bits per heavy atom. The summed E-state index contributed by atoms with van der Waals surface area (Å²) in [6.45, 7) is 0.970. The summed E-state index contributed by atoms with van der Waals surface area (Å²) in [6.07, 6.45) is 1.73. The maximum atomic E-state index is 12.5. The van der Waals surface area contributed by atoms with Crippen LogP contribution in [0.25, 0.3) is 0 Å². The molecule has 0 bridgehead atoms. The molecule has 2 aromatic heterocycles. The SMILES string of the molecule is O=C(NCc1cccc(OCc2ccccn2)c1)c1ccc(COc2cccc(Br)c2)o1. The van der Waals surface area contributed by atoms with E-state index in [2.05, 4.69) is 26.2 Å². The highest BCUT2D eigenvalue weighted by Crippen LogP contribution is 2.20. The quantitative estimate of drug-likeness (QED) is 0.332. The van der Waals surface area contributed by atoms with Gasteiger partial charge in [0.25, 0.3) is 5.91 Å². The lowest BCUT2D eigenvalue weighted by Gasteiger charge is -2.08. The highest BCUT2D eigenvalue weighted by molar-refractivity contribution is 9.10. The molecule has 0 spiro atoms. The molecule has 0 saturated heterocycles. The Labute approximate surface area is 194 Å². The average molecular weight is 493 g/mol. The average Bonchev–Trinajstić information content (AvgIpc) is 3.30. The van der Waals surface area contributed by atoms with Crippen LogP contribution in [-0.2, 0) is 19.8 Å². The summed E-state index contributed by atoms with van der Waals surface area (Å²) in [4.78, 5) is 16.7. The van der Waals surface area contributed by atoms with Gasteiger partial charge in [-0.05, 0) is 60.2 Å². The first-order valence-electron chi connectivity index (χ1n) is 10.0. The van der Waals surface area contributed by atoms with Crippen molar-refractivity contribution >= 4 is 21.8 Å². The third-order valence-corrected chi connectivity index (χ3v) is 5.02. The zero-order valence-electron chi connectivity index (χ0n) is 17.2. The highest BCUT2D eigenvalue weighted by atomic mass is 79.9. The fourth-order valence-corrected chi connectivity index (χ4v) is 3.32. The van der Waals surface area contributed by atoms with E-state index in [9.17, 15) is 4.79 Å². The molecule has 4 rings (SSSR count). The van der Waals surface area contributed by atoms with E-state index in [4.69, 9.17) is 13.9 Å². The standard InChI is InChI=1S/C25H21BrN2O4/c26-19-6-4-9-22(14-19)31-17-23-10-11-24(32-23)25(29)28-15-18-5-3-8-21(13-18)30-16-20-7-1-2-12-27-20/h1-14H,15-17H2,(H,28,29). The number of amides is 1. The van der Waals surface area contributed by atoms with Crippen LogP contribution in [0.15, 0.2) is 93.9 Å². The van der Waals surface area contributed by atoms with Gasteiger partial charge in [0.15, 0.2) is 5.76 Å². The Hall–Kier alpha value is -3.58. The molecule has 0 fully saturated rings. The van der Waals surface area contributed by atoms with Gasteiger partial charge in [0, 0.05) is 17.2 Å². The number of hydrogen-bond donors (Lipinski definition) is 1. The van der Waals surface area contributed by atoms with E-state index < -0.39 is 0 Å². The van der Waals surface area contributed by atoms with Gasteiger partial charge in [-0.2, -0.15) is 0 Å². The molecular formula is C25H21BrN2O4. The van der Waals surface area contributed by atoms with E-state index >= 15 is 0 Å². The second-order valence-corrected chi connectivity index (χ2v) is 7.87. The van der Waals surface area contributed by atoms with Crippen LogP contribution in [0, 0.1) is 0 Å². The van der Waals surface area contributed by atoms with Crippen molar-refractivity contribution in [3.05, 3.63) is 112 Å². The maximum absolute atomic E-state index is 12.5. The number of ether oxygens (including phenoxy) is 2. The lowest BCUT2D eigenvalue weighted by atomic mass is 10.2. The van der Waals surface area contributed by atoms with Crippen molar-refractivity contribution in [3.63, 3.8) is 0 Å².